The molecule has 0 saturated heterocycles. The van der Waals surface area contributed by atoms with Crippen molar-refractivity contribution in [1.82, 2.24) is 0 Å². The topological polar surface area (TPSA) is 128 Å². The normalized spacial score (nSPS) is 13.1. The zero-order valence-corrected chi connectivity index (χ0v) is 23.4. The molecule has 4 aromatic rings. The Morgan fingerprint density at radius 1 is 0.550 bits per heavy atom. The molecule has 9 nitrogen and oxygen atoms in total. The average molecular weight is 581 g/mol. The first-order valence-corrected chi connectivity index (χ1v) is 15.2. The molecule has 11 heteroatoms. The minimum atomic E-state index is -4.10. The molecule has 0 aromatic heterocycles. The highest BCUT2D eigenvalue weighted by molar-refractivity contribution is 7.87. The standard InChI is InChI=1S/C29H28N2O7S2/c1-21(23-13-5-3-6-14-23)39(33,34)37-27-19-11-9-17-25(27)30-29(32)31-26-18-10-12-20-28(26)38-40(35,36)22(2)24-15-7-4-8-16-24/h3-22H,1-2H3,(H2,30,31,32). The van der Waals surface area contributed by atoms with Crippen LogP contribution in [0.2, 0.25) is 0 Å². The lowest BCUT2D eigenvalue weighted by atomic mass is 10.2. The molecule has 0 heterocycles. The van der Waals surface area contributed by atoms with Gasteiger partial charge in [0, 0.05) is 0 Å². The van der Waals surface area contributed by atoms with E-state index in [-0.39, 0.29) is 22.9 Å². The second-order valence-electron chi connectivity index (χ2n) is 8.83. The molecule has 2 atom stereocenters. The third-order valence-corrected chi connectivity index (χ3v) is 9.19. The summed E-state index contributed by atoms with van der Waals surface area (Å²) in [5.41, 5.74) is 1.29. The van der Waals surface area contributed by atoms with E-state index in [0.29, 0.717) is 11.1 Å². The first-order valence-electron chi connectivity index (χ1n) is 12.3. The molecule has 0 spiro atoms. The monoisotopic (exact) mass is 580 g/mol. The van der Waals surface area contributed by atoms with E-state index in [2.05, 4.69) is 10.6 Å². The van der Waals surface area contributed by atoms with Crippen molar-refractivity contribution in [2.45, 2.75) is 24.3 Å². The summed E-state index contributed by atoms with van der Waals surface area (Å²) in [6.45, 7) is 3.02. The first kappa shape index (κ1) is 28.7. The predicted molar refractivity (Wildman–Crippen MR) is 154 cm³/mol. The highest BCUT2D eigenvalue weighted by Crippen LogP contribution is 2.32. The van der Waals surface area contributed by atoms with Crippen molar-refractivity contribution in [3.8, 4) is 11.5 Å². The predicted octanol–water partition coefficient (Wildman–Crippen LogP) is 6.27. The van der Waals surface area contributed by atoms with Crippen molar-refractivity contribution in [3.05, 3.63) is 120 Å². The molecule has 0 aliphatic heterocycles. The Morgan fingerprint density at radius 2 is 0.875 bits per heavy atom. The van der Waals surface area contributed by atoms with Crippen molar-refractivity contribution >= 4 is 37.6 Å². The smallest absolute Gasteiger partial charge is 0.323 e. The van der Waals surface area contributed by atoms with Crippen LogP contribution in [0.4, 0.5) is 16.2 Å². The summed E-state index contributed by atoms with van der Waals surface area (Å²) >= 11 is 0. The van der Waals surface area contributed by atoms with Gasteiger partial charge in [0.25, 0.3) is 0 Å². The molecule has 2 unspecified atom stereocenters. The summed E-state index contributed by atoms with van der Waals surface area (Å²) < 4.78 is 62.5. The fourth-order valence-electron chi connectivity index (χ4n) is 3.74. The van der Waals surface area contributed by atoms with Crippen LogP contribution in [0.15, 0.2) is 109 Å². The van der Waals surface area contributed by atoms with Crippen molar-refractivity contribution < 1.29 is 30.0 Å². The minimum absolute atomic E-state index is 0.0794. The molecular weight excluding hydrogens is 552 g/mol. The van der Waals surface area contributed by atoms with Gasteiger partial charge < -0.3 is 19.0 Å². The van der Waals surface area contributed by atoms with Gasteiger partial charge in [0.15, 0.2) is 11.5 Å². The summed E-state index contributed by atoms with van der Waals surface area (Å²) in [7, 11) is -8.20. The third-order valence-electron chi connectivity index (χ3n) is 6.09. The molecule has 0 fully saturated rings. The molecule has 2 N–H and O–H groups in total. The van der Waals surface area contributed by atoms with Crippen LogP contribution in [0.1, 0.15) is 35.5 Å². The van der Waals surface area contributed by atoms with E-state index in [0.717, 1.165) is 0 Å². The number of amides is 2. The lowest BCUT2D eigenvalue weighted by molar-refractivity contribution is 0.262. The molecule has 0 saturated carbocycles. The van der Waals surface area contributed by atoms with Gasteiger partial charge in [0.2, 0.25) is 0 Å². The maximum absolute atomic E-state index is 12.9. The van der Waals surface area contributed by atoms with Crippen molar-refractivity contribution in [2.75, 3.05) is 10.6 Å². The van der Waals surface area contributed by atoms with E-state index in [9.17, 15) is 21.6 Å². The number of urea groups is 1. The Labute approximate surface area is 234 Å². The zero-order valence-electron chi connectivity index (χ0n) is 21.7. The lowest BCUT2D eigenvalue weighted by Gasteiger charge is -2.18. The lowest BCUT2D eigenvalue weighted by Crippen LogP contribution is -2.23. The van der Waals surface area contributed by atoms with Crippen LogP contribution in [0, 0.1) is 0 Å². The fraction of sp³-hybridized carbons (Fsp3) is 0.138. The highest BCUT2D eigenvalue weighted by Gasteiger charge is 2.27. The van der Waals surface area contributed by atoms with Gasteiger partial charge in [-0.2, -0.15) is 16.8 Å². The molecule has 0 aliphatic carbocycles. The Balaban J connectivity index is 1.49. The first-order chi connectivity index (χ1) is 19.1. The third kappa shape index (κ3) is 6.99. The maximum atomic E-state index is 12.9. The number of benzene rings is 4. The number of hydrogen-bond donors (Lipinski definition) is 2. The van der Waals surface area contributed by atoms with Gasteiger partial charge in [-0.25, -0.2) is 4.79 Å². The number of carbonyl (C=O) groups excluding carboxylic acids is 1. The van der Waals surface area contributed by atoms with Gasteiger partial charge >= 0.3 is 26.3 Å². The largest absolute Gasteiger partial charge is 0.380 e. The molecule has 4 rings (SSSR count). The Kier molecular flexibility index (Phi) is 8.76. The second-order valence-corrected chi connectivity index (χ2v) is 12.5. The van der Waals surface area contributed by atoms with Gasteiger partial charge in [0.05, 0.1) is 11.4 Å². The molecule has 208 valence electrons. The second kappa shape index (κ2) is 12.2. The van der Waals surface area contributed by atoms with E-state index >= 15 is 0 Å². The molecule has 0 aliphatic rings. The van der Waals surface area contributed by atoms with Crippen LogP contribution in [0.5, 0.6) is 11.5 Å². The van der Waals surface area contributed by atoms with Crippen LogP contribution in [0.25, 0.3) is 0 Å². The Bertz CT molecular complexity index is 1550. The van der Waals surface area contributed by atoms with Gasteiger partial charge in [-0.15, -0.1) is 0 Å². The van der Waals surface area contributed by atoms with Crippen LogP contribution >= 0.6 is 0 Å². The van der Waals surface area contributed by atoms with Crippen LogP contribution in [-0.2, 0) is 20.2 Å². The number of carbonyl (C=O) groups is 1. The van der Waals surface area contributed by atoms with Crippen LogP contribution < -0.4 is 19.0 Å². The van der Waals surface area contributed by atoms with E-state index in [1.165, 1.54) is 38.1 Å². The Hall–Kier alpha value is -4.35. The minimum Gasteiger partial charge on any atom is -0.380 e. The number of para-hydroxylation sites is 4. The van der Waals surface area contributed by atoms with Gasteiger partial charge in [0.1, 0.15) is 10.5 Å². The quantitative estimate of drug-likeness (QED) is 0.212. The van der Waals surface area contributed by atoms with Crippen molar-refractivity contribution in [1.29, 1.82) is 0 Å². The van der Waals surface area contributed by atoms with E-state index < -0.39 is 36.8 Å². The number of nitrogens with one attached hydrogen (secondary N) is 2. The van der Waals surface area contributed by atoms with Gasteiger partial charge in [-0.05, 0) is 49.2 Å². The molecule has 40 heavy (non-hydrogen) atoms. The summed E-state index contributed by atoms with van der Waals surface area (Å²) in [5, 5.41) is 3.19. The SMILES string of the molecule is CC(c1ccccc1)S(=O)(=O)Oc1ccccc1NC(=O)Nc1ccccc1OS(=O)(=O)C(C)c1ccccc1. The zero-order chi connectivity index (χ0) is 28.8. The van der Waals surface area contributed by atoms with Crippen LogP contribution in [-0.4, -0.2) is 22.9 Å². The number of hydrogen-bond acceptors (Lipinski definition) is 7. The van der Waals surface area contributed by atoms with Gasteiger partial charge in [-0.1, -0.05) is 84.9 Å². The summed E-state index contributed by atoms with van der Waals surface area (Å²) in [5.74, 6) is -0.159. The van der Waals surface area contributed by atoms with Crippen molar-refractivity contribution in [3.63, 3.8) is 0 Å². The molecule has 0 bridgehead atoms. The van der Waals surface area contributed by atoms with E-state index in [1.54, 1.807) is 84.9 Å². The van der Waals surface area contributed by atoms with Crippen LogP contribution in [0.3, 0.4) is 0 Å². The van der Waals surface area contributed by atoms with Crippen molar-refractivity contribution in [2.24, 2.45) is 0 Å². The molecule has 0 radical (unpaired) electrons. The fourth-order valence-corrected chi connectivity index (χ4v) is 5.80. The molecular formula is C29H28N2O7S2. The highest BCUT2D eigenvalue weighted by atomic mass is 32.2. The Morgan fingerprint density at radius 3 is 1.25 bits per heavy atom. The maximum Gasteiger partial charge on any atom is 0.323 e. The van der Waals surface area contributed by atoms with E-state index in [1.807, 2.05) is 0 Å². The molecule has 2 amide bonds. The average Bonchev–Trinajstić information content (AvgIpc) is 2.95. The van der Waals surface area contributed by atoms with Gasteiger partial charge in [-0.3, -0.25) is 0 Å². The number of anilines is 2. The van der Waals surface area contributed by atoms with E-state index in [4.69, 9.17) is 8.37 Å². The summed E-state index contributed by atoms with van der Waals surface area (Å²) in [6, 6.07) is 28.6. The number of rotatable bonds is 10. The summed E-state index contributed by atoms with van der Waals surface area (Å²) in [4.78, 5) is 12.9. The summed E-state index contributed by atoms with van der Waals surface area (Å²) in [6.07, 6.45) is 0. The molecule has 4 aromatic carbocycles.